The fraction of sp³-hybridized carbons (Fsp3) is 0.824. The van der Waals surface area contributed by atoms with E-state index in [-0.39, 0.29) is 0 Å². The van der Waals surface area contributed by atoms with Crippen LogP contribution in [0.1, 0.15) is 90.4 Å². The van der Waals surface area contributed by atoms with E-state index in [0.29, 0.717) is 5.78 Å². The summed E-state index contributed by atoms with van der Waals surface area (Å²) in [4.78, 5) is 11.9. The van der Waals surface area contributed by atoms with Crippen molar-refractivity contribution in [3.63, 3.8) is 0 Å². The average molecular weight is 250 g/mol. The van der Waals surface area contributed by atoms with Crippen LogP contribution in [0.4, 0.5) is 0 Å². The van der Waals surface area contributed by atoms with Gasteiger partial charge in [-0.15, -0.1) is 0 Å². The molecule has 0 unspecified atom stereocenters. The highest BCUT2D eigenvalue weighted by molar-refractivity contribution is 5.95. The van der Waals surface area contributed by atoms with E-state index in [0.717, 1.165) is 31.3 Å². The second-order valence-electron chi connectivity index (χ2n) is 5.62. The van der Waals surface area contributed by atoms with Crippen molar-refractivity contribution < 1.29 is 4.79 Å². The molecule has 18 heavy (non-hydrogen) atoms. The van der Waals surface area contributed by atoms with Crippen molar-refractivity contribution in [2.24, 2.45) is 0 Å². The summed E-state index contributed by atoms with van der Waals surface area (Å²) < 4.78 is 0. The minimum absolute atomic E-state index is 0.431. The summed E-state index contributed by atoms with van der Waals surface area (Å²) in [5.74, 6) is 0.431. The van der Waals surface area contributed by atoms with Crippen LogP contribution in [0.25, 0.3) is 0 Å². The van der Waals surface area contributed by atoms with Gasteiger partial charge in [-0.1, -0.05) is 57.9 Å². The topological polar surface area (TPSA) is 17.1 Å². The predicted octanol–water partition coefficient (Wildman–Crippen LogP) is 5.59. The Labute approximate surface area is 113 Å². The van der Waals surface area contributed by atoms with Crippen LogP contribution >= 0.6 is 0 Å². The van der Waals surface area contributed by atoms with Gasteiger partial charge in [-0.05, 0) is 37.7 Å². The van der Waals surface area contributed by atoms with Gasteiger partial charge in [0.05, 0.1) is 0 Å². The lowest BCUT2D eigenvalue weighted by Crippen LogP contribution is -2.05. The molecule has 1 nitrogen and oxygen atoms in total. The molecule has 0 aromatic carbocycles. The summed E-state index contributed by atoms with van der Waals surface area (Å²) in [7, 11) is 0. The Morgan fingerprint density at radius 2 is 1.67 bits per heavy atom. The number of ketones is 1. The average Bonchev–Trinajstić information content (AvgIpc) is 2.42. The van der Waals surface area contributed by atoms with Crippen LogP contribution in [0.3, 0.4) is 0 Å². The molecular formula is C17H30O. The van der Waals surface area contributed by atoms with Crippen molar-refractivity contribution in [2.45, 2.75) is 90.4 Å². The third kappa shape index (κ3) is 6.98. The molecule has 104 valence electrons. The fourth-order valence-electron chi connectivity index (χ4n) is 2.67. The van der Waals surface area contributed by atoms with Gasteiger partial charge in [0.2, 0.25) is 0 Å². The van der Waals surface area contributed by atoms with Crippen molar-refractivity contribution in [1.82, 2.24) is 0 Å². The third-order valence-electron chi connectivity index (χ3n) is 3.91. The Hall–Kier alpha value is -0.590. The molecule has 0 amide bonds. The smallest absolute Gasteiger partial charge is 0.158 e. The van der Waals surface area contributed by atoms with Gasteiger partial charge >= 0.3 is 0 Å². The fourth-order valence-corrected chi connectivity index (χ4v) is 2.67. The zero-order valence-electron chi connectivity index (χ0n) is 12.2. The minimum Gasteiger partial charge on any atom is -0.295 e. The van der Waals surface area contributed by atoms with E-state index in [2.05, 4.69) is 13.0 Å². The first-order valence-electron chi connectivity index (χ1n) is 8.07. The van der Waals surface area contributed by atoms with E-state index in [4.69, 9.17) is 0 Å². The number of allylic oxidation sites excluding steroid dienone is 2. The first-order valence-corrected chi connectivity index (χ1v) is 8.07. The van der Waals surface area contributed by atoms with Crippen LogP contribution in [0.2, 0.25) is 0 Å². The molecule has 0 aliphatic heterocycles. The number of carbonyl (C=O) groups is 1. The molecule has 0 bridgehead atoms. The summed E-state index contributed by atoms with van der Waals surface area (Å²) in [5.41, 5.74) is 1.13. The van der Waals surface area contributed by atoms with E-state index in [1.54, 1.807) is 0 Å². The summed E-state index contributed by atoms with van der Waals surface area (Å²) in [6.07, 6.45) is 18.1. The van der Waals surface area contributed by atoms with Gasteiger partial charge in [0, 0.05) is 6.42 Å². The second-order valence-corrected chi connectivity index (χ2v) is 5.62. The van der Waals surface area contributed by atoms with Crippen molar-refractivity contribution >= 4 is 5.78 Å². The third-order valence-corrected chi connectivity index (χ3v) is 3.91. The quantitative estimate of drug-likeness (QED) is 0.462. The van der Waals surface area contributed by atoms with Gasteiger partial charge in [0.25, 0.3) is 0 Å². The molecule has 1 aliphatic carbocycles. The summed E-state index contributed by atoms with van der Waals surface area (Å²) in [6, 6.07) is 0. The van der Waals surface area contributed by atoms with Crippen LogP contribution < -0.4 is 0 Å². The first-order chi connectivity index (χ1) is 8.84. The number of rotatable bonds is 10. The zero-order chi connectivity index (χ0) is 13.1. The minimum atomic E-state index is 0.431. The Morgan fingerprint density at radius 3 is 2.28 bits per heavy atom. The zero-order valence-corrected chi connectivity index (χ0v) is 12.2. The highest BCUT2D eigenvalue weighted by Crippen LogP contribution is 2.20. The maximum atomic E-state index is 11.9. The number of hydrogen-bond donors (Lipinski definition) is 0. The molecule has 0 atom stereocenters. The van der Waals surface area contributed by atoms with Crippen LogP contribution in [0.5, 0.6) is 0 Å². The second kappa shape index (κ2) is 10.3. The van der Waals surface area contributed by atoms with E-state index in [1.165, 1.54) is 57.8 Å². The highest BCUT2D eigenvalue weighted by atomic mass is 16.1. The van der Waals surface area contributed by atoms with Crippen LogP contribution in [0, 0.1) is 0 Å². The summed E-state index contributed by atoms with van der Waals surface area (Å²) >= 11 is 0. The summed E-state index contributed by atoms with van der Waals surface area (Å²) in [5, 5.41) is 0. The van der Waals surface area contributed by atoms with Gasteiger partial charge in [-0.3, -0.25) is 4.79 Å². The molecule has 1 rings (SSSR count). The maximum absolute atomic E-state index is 11.9. The van der Waals surface area contributed by atoms with E-state index in [9.17, 15) is 4.79 Å². The van der Waals surface area contributed by atoms with Crippen molar-refractivity contribution in [1.29, 1.82) is 0 Å². The predicted molar refractivity (Wildman–Crippen MR) is 78.8 cm³/mol. The highest BCUT2D eigenvalue weighted by Gasteiger charge is 2.11. The van der Waals surface area contributed by atoms with Gasteiger partial charge in [0.15, 0.2) is 5.78 Å². The summed E-state index contributed by atoms with van der Waals surface area (Å²) in [6.45, 7) is 2.26. The lowest BCUT2D eigenvalue weighted by molar-refractivity contribution is -0.115. The van der Waals surface area contributed by atoms with Gasteiger partial charge in [-0.2, -0.15) is 0 Å². The SMILES string of the molecule is CCCCCCCCCCC(=O)C1=CCCCC1. The Bertz CT molecular complexity index is 252. The Morgan fingerprint density at radius 1 is 1.00 bits per heavy atom. The molecule has 0 saturated carbocycles. The first kappa shape index (κ1) is 15.5. The van der Waals surface area contributed by atoms with E-state index >= 15 is 0 Å². The molecule has 0 aromatic rings. The van der Waals surface area contributed by atoms with Crippen molar-refractivity contribution in [3.8, 4) is 0 Å². The standard InChI is InChI=1S/C17H30O/c1-2-3-4-5-6-7-8-12-15-17(18)16-13-10-9-11-14-16/h13H,2-12,14-15H2,1H3. The molecule has 0 heterocycles. The monoisotopic (exact) mass is 250 g/mol. The molecule has 1 aliphatic rings. The number of hydrogen-bond acceptors (Lipinski definition) is 1. The molecule has 0 N–H and O–H groups in total. The molecule has 1 heteroatoms. The lowest BCUT2D eigenvalue weighted by Gasteiger charge is -2.11. The van der Waals surface area contributed by atoms with Gasteiger partial charge in [-0.25, -0.2) is 0 Å². The number of carbonyl (C=O) groups excluding carboxylic acids is 1. The molecular weight excluding hydrogens is 220 g/mol. The Kier molecular flexibility index (Phi) is 8.89. The van der Waals surface area contributed by atoms with Crippen LogP contribution in [0.15, 0.2) is 11.6 Å². The number of unbranched alkanes of at least 4 members (excludes halogenated alkanes) is 7. The molecule has 0 spiro atoms. The molecule has 0 aromatic heterocycles. The lowest BCUT2D eigenvalue weighted by atomic mass is 9.94. The Balaban J connectivity index is 1.94. The largest absolute Gasteiger partial charge is 0.295 e. The van der Waals surface area contributed by atoms with Gasteiger partial charge < -0.3 is 0 Å². The van der Waals surface area contributed by atoms with Crippen LogP contribution in [-0.2, 0) is 4.79 Å². The van der Waals surface area contributed by atoms with Crippen LogP contribution in [-0.4, -0.2) is 5.78 Å². The molecule has 0 fully saturated rings. The van der Waals surface area contributed by atoms with E-state index < -0.39 is 0 Å². The van der Waals surface area contributed by atoms with Crippen molar-refractivity contribution in [3.05, 3.63) is 11.6 Å². The molecule has 0 radical (unpaired) electrons. The van der Waals surface area contributed by atoms with E-state index in [1.807, 2.05) is 0 Å². The number of Topliss-reactive ketones (excluding diaryl/α,β-unsaturated/α-hetero) is 1. The van der Waals surface area contributed by atoms with Crippen molar-refractivity contribution in [2.75, 3.05) is 0 Å². The maximum Gasteiger partial charge on any atom is 0.158 e. The van der Waals surface area contributed by atoms with Gasteiger partial charge in [0.1, 0.15) is 0 Å². The normalized spacial score (nSPS) is 15.5. The molecule has 0 saturated heterocycles.